The summed E-state index contributed by atoms with van der Waals surface area (Å²) in [6.45, 7) is 8.43. The number of nitrogens with zero attached hydrogens (tertiary/aromatic N) is 2. The van der Waals surface area contributed by atoms with Crippen molar-refractivity contribution in [2.45, 2.75) is 13.5 Å². The zero-order valence-electron chi connectivity index (χ0n) is 18.5. The average molecular weight is 428 g/mol. The molecule has 0 bridgehead atoms. The number of benzene rings is 2. The van der Waals surface area contributed by atoms with Gasteiger partial charge in [-0.1, -0.05) is 30.3 Å². The molecule has 2 amide bonds. The second-order valence-electron chi connectivity index (χ2n) is 7.64. The summed E-state index contributed by atoms with van der Waals surface area (Å²) in [7, 11) is 1.77. The normalized spacial score (nSPS) is 14.1. The van der Waals surface area contributed by atoms with E-state index in [4.69, 9.17) is 14.2 Å². The number of urea groups is 1. The Morgan fingerprint density at radius 2 is 1.90 bits per heavy atom. The minimum Gasteiger partial charge on any atom is -0.492 e. The van der Waals surface area contributed by atoms with Gasteiger partial charge in [-0.15, -0.1) is 0 Å². The predicted molar refractivity (Wildman–Crippen MR) is 121 cm³/mol. The second-order valence-corrected chi connectivity index (χ2v) is 7.64. The lowest BCUT2D eigenvalue weighted by Crippen LogP contribution is -2.39. The summed E-state index contributed by atoms with van der Waals surface area (Å²) in [4.78, 5) is 16.3. The number of morpholine rings is 1. The summed E-state index contributed by atoms with van der Waals surface area (Å²) in [6.07, 6.45) is 0. The van der Waals surface area contributed by atoms with E-state index in [2.05, 4.69) is 10.2 Å². The van der Waals surface area contributed by atoms with Gasteiger partial charge in [0, 0.05) is 33.2 Å². The van der Waals surface area contributed by atoms with E-state index in [0.717, 1.165) is 55.5 Å². The summed E-state index contributed by atoms with van der Waals surface area (Å²) in [6, 6.07) is 15.6. The molecular formula is C24H33N3O4. The van der Waals surface area contributed by atoms with Gasteiger partial charge in [0.2, 0.25) is 0 Å². The summed E-state index contributed by atoms with van der Waals surface area (Å²) in [5.74, 6) is 1.67. The van der Waals surface area contributed by atoms with Crippen LogP contribution in [0, 0.1) is 6.92 Å². The van der Waals surface area contributed by atoms with Gasteiger partial charge < -0.3 is 24.4 Å². The Morgan fingerprint density at radius 1 is 1.10 bits per heavy atom. The highest BCUT2D eigenvalue weighted by Crippen LogP contribution is 2.16. The van der Waals surface area contributed by atoms with Gasteiger partial charge >= 0.3 is 6.03 Å². The van der Waals surface area contributed by atoms with Crippen molar-refractivity contribution in [1.82, 2.24) is 15.1 Å². The summed E-state index contributed by atoms with van der Waals surface area (Å²) in [5.41, 5.74) is 2.09. The highest BCUT2D eigenvalue weighted by atomic mass is 16.5. The summed E-state index contributed by atoms with van der Waals surface area (Å²) in [5, 5.41) is 2.95. The molecule has 1 fully saturated rings. The van der Waals surface area contributed by atoms with E-state index in [9.17, 15) is 4.79 Å². The van der Waals surface area contributed by atoms with Crippen molar-refractivity contribution in [1.29, 1.82) is 0 Å². The number of carbonyl (C=O) groups excluding carboxylic acids is 1. The Morgan fingerprint density at radius 3 is 2.71 bits per heavy atom. The maximum absolute atomic E-state index is 12.4. The molecule has 0 aliphatic carbocycles. The first-order valence-electron chi connectivity index (χ1n) is 10.8. The quantitative estimate of drug-likeness (QED) is 0.632. The molecule has 0 radical (unpaired) electrons. The van der Waals surface area contributed by atoms with Crippen LogP contribution in [0.4, 0.5) is 4.79 Å². The standard InChI is InChI=1S/C24H33N3O4/c1-20-6-3-4-9-23(20)31-16-10-26(2)24(28)25-19-21-7-5-8-22(18-21)30-17-13-27-11-14-29-15-12-27/h3-9,18H,10-17,19H2,1-2H3,(H,25,28). The molecule has 1 aliphatic heterocycles. The highest BCUT2D eigenvalue weighted by molar-refractivity contribution is 5.73. The van der Waals surface area contributed by atoms with Crippen LogP contribution >= 0.6 is 0 Å². The first-order valence-corrected chi connectivity index (χ1v) is 10.8. The Bertz CT molecular complexity index is 824. The lowest BCUT2D eigenvalue weighted by atomic mass is 10.2. The molecule has 1 saturated heterocycles. The third kappa shape index (κ3) is 7.77. The van der Waals surface area contributed by atoms with Crippen LogP contribution in [0.25, 0.3) is 0 Å². The molecule has 168 valence electrons. The topological polar surface area (TPSA) is 63.3 Å². The van der Waals surface area contributed by atoms with Crippen LogP contribution in [-0.2, 0) is 11.3 Å². The van der Waals surface area contributed by atoms with Gasteiger partial charge in [-0.25, -0.2) is 4.79 Å². The van der Waals surface area contributed by atoms with Crippen molar-refractivity contribution < 1.29 is 19.0 Å². The zero-order valence-corrected chi connectivity index (χ0v) is 18.5. The number of amides is 2. The Kier molecular flexibility index (Phi) is 8.99. The molecule has 0 atom stereocenters. The van der Waals surface area contributed by atoms with Crippen molar-refractivity contribution in [3.63, 3.8) is 0 Å². The van der Waals surface area contributed by atoms with E-state index >= 15 is 0 Å². The predicted octanol–water partition coefficient (Wildman–Crippen LogP) is 2.93. The molecule has 0 spiro atoms. The van der Waals surface area contributed by atoms with Gasteiger partial charge in [0.1, 0.15) is 24.7 Å². The van der Waals surface area contributed by atoms with Crippen LogP contribution in [0.3, 0.4) is 0 Å². The molecule has 1 N–H and O–H groups in total. The molecule has 31 heavy (non-hydrogen) atoms. The fourth-order valence-corrected chi connectivity index (χ4v) is 3.29. The summed E-state index contributed by atoms with van der Waals surface area (Å²) < 4.78 is 17.0. The number of nitrogens with one attached hydrogen (secondary N) is 1. The number of para-hydroxylation sites is 1. The Balaban J connectivity index is 1.36. The maximum Gasteiger partial charge on any atom is 0.317 e. The van der Waals surface area contributed by atoms with Crippen LogP contribution < -0.4 is 14.8 Å². The maximum atomic E-state index is 12.4. The molecule has 1 aliphatic rings. The number of hydrogen-bond donors (Lipinski definition) is 1. The van der Waals surface area contributed by atoms with Crippen LogP contribution in [-0.4, -0.2) is 75.5 Å². The van der Waals surface area contributed by atoms with Crippen molar-refractivity contribution in [2.75, 3.05) is 59.7 Å². The van der Waals surface area contributed by atoms with Gasteiger partial charge in [-0.05, 0) is 36.2 Å². The number of likely N-dealkylation sites (N-methyl/N-ethyl adjacent to an activating group) is 1. The van der Waals surface area contributed by atoms with Crippen LogP contribution in [0.15, 0.2) is 48.5 Å². The average Bonchev–Trinajstić information content (AvgIpc) is 2.79. The zero-order chi connectivity index (χ0) is 21.9. The van der Waals surface area contributed by atoms with Gasteiger partial charge in [0.05, 0.1) is 19.8 Å². The molecule has 0 saturated carbocycles. The number of ether oxygens (including phenoxy) is 3. The van der Waals surface area contributed by atoms with E-state index in [1.165, 1.54) is 0 Å². The SMILES string of the molecule is Cc1ccccc1OCCN(C)C(=O)NCc1cccc(OCCN2CCOCC2)c1. The smallest absolute Gasteiger partial charge is 0.317 e. The molecule has 0 aromatic heterocycles. The number of carbonyl (C=O) groups is 1. The van der Waals surface area contributed by atoms with Crippen LogP contribution in [0.2, 0.25) is 0 Å². The lowest BCUT2D eigenvalue weighted by molar-refractivity contribution is 0.0322. The fraction of sp³-hybridized carbons (Fsp3) is 0.458. The van der Waals surface area contributed by atoms with Crippen LogP contribution in [0.5, 0.6) is 11.5 Å². The fourth-order valence-electron chi connectivity index (χ4n) is 3.29. The highest BCUT2D eigenvalue weighted by Gasteiger charge is 2.11. The first-order chi connectivity index (χ1) is 15.1. The Hall–Kier alpha value is -2.77. The van der Waals surface area contributed by atoms with E-state index in [1.807, 2.05) is 55.5 Å². The number of aryl methyl sites for hydroxylation is 1. The van der Waals surface area contributed by atoms with Gasteiger partial charge in [-0.2, -0.15) is 0 Å². The monoisotopic (exact) mass is 427 g/mol. The van der Waals surface area contributed by atoms with E-state index < -0.39 is 0 Å². The summed E-state index contributed by atoms with van der Waals surface area (Å²) >= 11 is 0. The van der Waals surface area contributed by atoms with Crippen LogP contribution in [0.1, 0.15) is 11.1 Å². The molecule has 2 aromatic carbocycles. The van der Waals surface area contributed by atoms with Crippen molar-refractivity contribution in [2.24, 2.45) is 0 Å². The number of hydrogen-bond acceptors (Lipinski definition) is 5. The third-order valence-electron chi connectivity index (χ3n) is 5.25. The molecular weight excluding hydrogens is 394 g/mol. The molecule has 7 nitrogen and oxygen atoms in total. The van der Waals surface area contributed by atoms with Crippen molar-refractivity contribution >= 4 is 6.03 Å². The van der Waals surface area contributed by atoms with Gasteiger partial charge in [0.15, 0.2) is 0 Å². The number of rotatable bonds is 10. The molecule has 1 heterocycles. The van der Waals surface area contributed by atoms with Gasteiger partial charge in [-0.3, -0.25) is 4.90 Å². The lowest BCUT2D eigenvalue weighted by Gasteiger charge is -2.26. The van der Waals surface area contributed by atoms with Gasteiger partial charge in [0.25, 0.3) is 0 Å². The largest absolute Gasteiger partial charge is 0.492 e. The molecule has 3 rings (SSSR count). The first kappa shape index (κ1) is 22.9. The molecule has 0 unspecified atom stereocenters. The van der Waals surface area contributed by atoms with E-state index in [-0.39, 0.29) is 6.03 Å². The molecule has 2 aromatic rings. The van der Waals surface area contributed by atoms with Crippen molar-refractivity contribution in [3.8, 4) is 11.5 Å². The Labute approximate surface area is 184 Å². The van der Waals surface area contributed by atoms with E-state index in [0.29, 0.717) is 26.3 Å². The minimum absolute atomic E-state index is 0.132. The molecule has 7 heteroatoms. The second kappa shape index (κ2) is 12.2. The van der Waals surface area contributed by atoms with Crippen molar-refractivity contribution in [3.05, 3.63) is 59.7 Å². The minimum atomic E-state index is -0.132. The third-order valence-corrected chi connectivity index (χ3v) is 5.25. The van der Waals surface area contributed by atoms with E-state index in [1.54, 1.807) is 11.9 Å².